The lowest BCUT2D eigenvalue weighted by atomic mass is 10.0. The number of anilines is 1. The van der Waals surface area contributed by atoms with Crippen LogP contribution < -0.4 is 10.4 Å². The second-order valence-electron chi connectivity index (χ2n) is 5.44. The van der Waals surface area contributed by atoms with Gasteiger partial charge in [0.05, 0.1) is 11.5 Å². The number of rotatable bonds is 4. The Hall–Kier alpha value is -2.99. The quantitative estimate of drug-likeness (QED) is 0.780. The van der Waals surface area contributed by atoms with Gasteiger partial charge in [-0.2, -0.15) is 0 Å². The molecule has 0 saturated heterocycles. The third kappa shape index (κ3) is 3.44. The lowest BCUT2D eigenvalue weighted by Gasteiger charge is -2.10. The van der Waals surface area contributed by atoms with E-state index < -0.39 is 17.7 Å². The maximum Gasteiger partial charge on any atom is 0.259 e. The molecule has 2 aromatic carbocycles. The van der Waals surface area contributed by atoms with Gasteiger partial charge in [-0.15, -0.1) is 11.3 Å². The molecule has 0 aliphatic heterocycles. The highest BCUT2D eigenvalue weighted by molar-refractivity contribution is 7.15. The highest BCUT2D eigenvalue weighted by Crippen LogP contribution is 2.35. The summed E-state index contributed by atoms with van der Waals surface area (Å²) in [5, 5.41) is 15.8. The Kier molecular flexibility index (Phi) is 4.63. The Balaban J connectivity index is 1.98. The van der Waals surface area contributed by atoms with E-state index >= 15 is 0 Å². The van der Waals surface area contributed by atoms with Gasteiger partial charge in [-0.3, -0.25) is 4.79 Å². The summed E-state index contributed by atoms with van der Waals surface area (Å²) in [6, 6.07) is 12.8. The Morgan fingerprint density at radius 3 is 2.40 bits per heavy atom. The molecule has 0 atom stereocenters. The third-order valence-corrected chi connectivity index (χ3v) is 4.60. The summed E-state index contributed by atoms with van der Waals surface area (Å²) in [7, 11) is 0. The zero-order valence-corrected chi connectivity index (χ0v) is 14.0. The number of hydrogen-bond acceptors (Lipinski definition) is 4. The van der Waals surface area contributed by atoms with E-state index in [1.165, 1.54) is 24.3 Å². The summed E-state index contributed by atoms with van der Waals surface area (Å²) in [5.74, 6) is -2.79. The number of thiophene rings is 1. The van der Waals surface area contributed by atoms with E-state index in [2.05, 4.69) is 5.32 Å². The zero-order valence-electron chi connectivity index (χ0n) is 13.2. The summed E-state index contributed by atoms with van der Waals surface area (Å²) in [6.07, 6.45) is 0. The van der Waals surface area contributed by atoms with E-state index in [0.29, 0.717) is 11.1 Å². The minimum Gasteiger partial charge on any atom is -0.545 e. The summed E-state index contributed by atoms with van der Waals surface area (Å²) in [6.45, 7) is 1.93. The Morgan fingerprint density at radius 1 is 1.08 bits per heavy atom. The second kappa shape index (κ2) is 6.86. The van der Waals surface area contributed by atoms with Crippen LogP contribution in [0.1, 0.15) is 26.3 Å². The van der Waals surface area contributed by atoms with E-state index in [0.717, 1.165) is 16.9 Å². The van der Waals surface area contributed by atoms with Crippen molar-refractivity contribution in [2.24, 2.45) is 0 Å². The number of hydrogen-bond donors (Lipinski definition) is 1. The average Bonchev–Trinajstić information content (AvgIpc) is 2.99. The summed E-state index contributed by atoms with van der Waals surface area (Å²) >= 11 is 1.06. The number of carbonyl (C=O) groups excluding carboxylic acids is 2. The minimum atomic E-state index is -1.40. The molecule has 3 aromatic rings. The first-order chi connectivity index (χ1) is 12.0. The van der Waals surface area contributed by atoms with Crippen molar-refractivity contribution in [3.05, 3.63) is 76.4 Å². The van der Waals surface area contributed by atoms with Crippen LogP contribution in [-0.4, -0.2) is 11.9 Å². The van der Waals surface area contributed by atoms with Gasteiger partial charge in [-0.25, -0.2) is 4.39 Å². The Morgan fingerprint density at radius 2 is 1.76 bits per heavy atom. The largest absolute Gasteiger partial charge is 0.545 e. The molecule has 3 rings (SSSR count). The van der Waals surface area contributed by atoms with Crippen molar-refractivity contribution in [2.75, 3.05) is 5.32 Å². The molecule has 0 unspecified atom stereocenters. The standard InChI is InChI=1S/C19H14FNO3S/c1-11-6-8-12(9-7-11)14-10-25-18(16(14)19(23)24)21-17(22)13-4-2-3-5-15(13)20/h2-10H,1H3,(H,21,22)(H,23,24)/p-1. The van der Waals surface area contributed by atoms with Crippen LogP contribution in [0.3, 0.4) is 0 Å². The summed E-state index contributed by atoms with van der Waals surface area (Å²) < 4.78 is 13.7. The molecule has 126 valence electrons. The molecule has 6 heteroatoms. The number of halogens is 1. The minimum absolute atomic E-state index is 0.112. The van der Waals surface area contributed by atoms with E-state index in [-0.39, 0.29) is 16.1 Å². The Bertz CT molecular complexity index is 948. The van der Waals surface area contributed by atoms with Crippen molar-refractivity contribution in [3.8, 4) is 11.1 Å². The van der Waals surface area contributed by atoms with Gasteiger partial charge in [0, 0.05) is 16.5 Å². The van der Waals surface area contributed by atoms with Gasteiger partial charge in [0.2, 0.25) is 0 Å². The first-order valence-electron chi connectivity index (χ1n) is 7.43. The highest BCUT2D eigenvalue weighted by atomic mass is 32.1. The number of carboxylic acid groups (broad SMARTS) is 1. The van der Waals surface area contributed by atoms with Crippen molar-refractivity contribution in [2.45, 2.75) is 6.92 Å². The number of aryl methyl sites for hydroxylation is 1. The predicted octanol–water partition coefficient (Wildman–Crippen LogP) is 3.48. The maximum atomic E-state index is 13.7. The van der Waals surface area contributed by atoms with Gasteiger partial charge in [0.25, 0.3) is 5.91 Å². The van der Waals surface area contributed by atoms with Gasteiger partial charge in [0.1, 0.15) is 10.8 Å². The number of benzene rings is 2. The van der Waals surface area contributed by atoms with Crippen molar-refractivity contribution < 1.29 is 19.1 Å². The molecule has 0 spiro atoms. The molecule has 0 aliphatic carbocycles. The molecular weight excluding hydrogens is 341 g/mol. The molecule has 0 radical (unpaired) electrons. The number of carboxylic acids is 1. The van der Waals surface area contributed by atoms with Crippen LogP contribution in [0.5, 0.6) is 0 Å². The molecule has 1 aromatic heterocycles. The first-order valence-corrected chi connectivity index (χ1v) is 8.31. The van der Waals surface area contributed by atoms with Crippen LogP contribution in [0.15, 0.2) is 53.9 Å². The van der Waals surface area contributed by atoms with Crippen molar-refractivity contribution in [1.82, 2.24) is 0 Å². The molecule has 25 heavy (non-hydrogen) atoms. The molecule has 1 N–H and O–H groups in total. The fourth-order valence-corrected chi connectivity index (χ4v) is 3.37. The molecule has 0 saturated carbocycles. The molecule has 4 nitrogen and oxygen atoms in total. The van der Waals surface area contributed by atoms with E-state index in [9.17, 15) is 19.1 Å². The molecule has 0 fully saturated rings. The summed E-state index contributed by atoms with van der Waals surface area (Å²) in [4.78, 5) is 23.8. The van der Waals surface area contributed by atoms with Crippen LogP contribution >= 0.6 is 11.3 Å². The van der Waals surface area contributed by atoms with Crippen LogP contribution in [0.25, 0.3) is 11.1 Å². The van der Waals surface area contributed by atoms with E-state index in [4.69, 9.17) is 0 Å². The zero-order chi connectivity index (χ0) is 18.0. The predicted molar refractivity (Wildman–Crippen MR) is 93.2 cm³/mol. The van der Waals surface area contributed by atoms with Crippen molar-refractivity contribution in [1.29, 1.82) is 0 Å². The fourth-order valence-electron chi connectivity index (χ4n) is 2.41. The maximum absolute atomic E-state index is 13.7. The first kappa shape index (κ1) is 16.9. The van der Waals surface area contributed by atoms with Crippen LogP contribution in [0.2, 0.25) is 0 Å². The lowest BCUT2D eigenvalue weighted by Crippen LogP contribution is -2.24. The molecule has 1 heterocycles. The van der Waals surface area contributed by atoms with Crippen LogP contribution in [0, 0.1) is 12.7 Å². The van der Waals surface area contributed by atoms with Crippen molar-refractivity contribution in [3.63, 3.8) is 0 Å². The summed E-state index contributed by atoms with van der Waals surface area (Å²) in [5.41, 5.74) is 1.93. The average molecular weight is 354 g/mol. The van der Waals surface area contributed by atoms with Gasteiger partial charge in [0.15, 0.2) is 0 Å². The lowest BCUT2D eigenvalue weighted by molar-refractivity contribution is -0.254. The van der Waals surface area contributed by atoms with Gasteiger partial charge < -0.3 is 15.2 Å². The third-order valence-electron chi connectivity index (χ3n) is 3.70. The smallest absolute Gasteiger partial charge is 0.259 e. The van der Waals surface area contributed by atoms with E-state index in [1.54, 1.807) is 17.5 Å². The van der Waals surface area contributed by atoms with Gasteiger partial charge in [-0.1, -0.05) is 42.0 Å². The number of aromatic carboxylic acids is 1. The SMILES string of the molecule is Cc1ccc(-c2csc(NC(=O)c3ccccc3F)c2C(=O)[O-])cc1. The second-order valence-corrected chi connectivity index (χ2v) is 6.32. The fraction of sp³-hybridized carbons (Fsp3) is 0.0526. The molecule has 0 aliphatic rings. The van der Waals surface area contributed by atoms with Crippen LogP contribution in [-0.2, 0) is 0 Å². The topological polar surface area (TPSA) is 69.2 Å². The van der Waals surface area contributed by atoms with Gasteiger partial charge >= 0.3 is 0 Å². The number of amides is 1. The Labute approximate surface area is 147 Å². The highest BCUT2D eigenvalue weighted by Gasteiger charge is 2.18. The van der Waals surface area contributed by atoms with E-state index in [1.807, 2.05) is 19.1 Å². The number of nitrogens with one attached hydrogen (secondary N) is 1. The van der Waals surface area contributed by atoms with Crippen molar-refractivity contribution >= 4 is 28.2 Å². The monoisotopic (exact) mass is 354 g/mol. The number of carbonyl (C=O) groups is 2. The normalized spacial score (nSPS) is 10.5. The molecular formula is C19H13FNO3S-. The van der Waals surface area contributed by atoms with Crippen LogP contribution in [0.4, 0.5) is 9.39 Å². The molecule has 1 amide bonds. The van der Waals surface area contributed by atoms with Gasteiger partial charge in [-0.05, 0) is 24.6 Å². The molecule has 0 bridgehead atoms.